The third-order valence-electron chi connectivity index (χ3n) is 4.98. The monoisotopic (exact) mass is 471 g/mol. The molecule has 2 heterocycles. The van der Waals surface area contributed by atoms with Crippen LogP contribution in [0.25, 0.3) is 0 Å². The first kappa shape index (κ1) is 20.2. The van der Waals surface area contributed by atoms with Gasteiger partial charge in [-0.05, 0) is 50.9 Å². The highest BCUT2D eigenvalue weighted by atomic mass is 127. The van der Waals surface area contributed by atoms with Crippen LogP contribution in [0.5, 0.6) is 0 Å². The van der Waals surface area contributed by atoms with E-state index in [1.165, 1.54) is 12.8 Å². The van der Waals surface area contributed by atoms with Gasteiger partial charge in [-0.25, -0.2) is 8.42 Å². The normalized spacial score (nSPS) is 32.9. The van der Waals surface area contributed by atoms with Gasteiger partial charge in [0.05, 0.1) is 17.6 Å². The zero-order chi connectivity index (χ0) is 16.3. The Hall–Kier alpha value is -0.0900. The van der Waals surface area contributed by atoms with Crippen LogP contribution in [0.2, 0.25) is 0 Å². The fourth-order valence-electron chi connectivity index (χ4n) is 3.51. The summed E-state index contributed by atoms with van der Waals surface area (Å²) in [7, 11) is -2.82. The SMILES string of the molecule is CCNC(=NCC1CCS(=O)(=O)C1)NC1CCOC(C2CC2)C1.I. The van der Waals surface area contributed by atoms with Crippen molar-refractivity contribution >= 4 is 39.8 Å². The van der Waals surface area contributed by atoms with Crippen LogP contribution >= 0.6 is 24.0 Å². The fraction of sp³-hybridized carbons (Fsp3) is 0.938. The molecule has 0 amide bonds. The molecule has 24 heavy (non-hydrogen) atoms. The van der Waals surface area contributed by atoms with Gasteiger partial charge in [-0.3, -0.25) is 4.99 Å². The lowest BCUT2D eigenvalue weighted by molar-refractivity contribution is -0.00825. The molecule has 2 saturated heterocycles. The molecule has 3 unspecified atom stereocenters. The topological polar surface area (TPSA) is 79.8 Å². The second-order valence-electron chi connectivity index (χ2n) is 7.10. The van der Waals surface area contributed by atoms with Crippen molar-refractivity contribution in [3.63, 3.8) is 0 Å². The predicted octanol–water partition coefficient (Wildman–Crippen LogP) is 1.55. The highest BCUT2D eigenvalue weighted by molar-refractivity contribution is 14.0. The third-order valence-corrected chi connectivity index (χ3v) is 6.82. The van der Waals surface area contributed by atoms with Gasteiger partial charge in [0.2, 0.25) is 0 Å². The van der Waals surface area contributed by atoms with Gasteiger partial charge in [0.1, 0.15) is 0 Å². The van der Waals surface area contributed by atoms with E-state index in [4.69, 9.17) is 4.74 Å². The van der Waals surface area contributed by atoms with Crippen molar-refractivity contribution in [1.82, 2.24) is 10.6 Å². The number of aliphatic imine (C=N–C) groups is 1. The van der Waals surface area contributed by atoms with Gasteiger partial charge < -0.3 is 15.4 Å². The maximum absolute atomic E-state index is 11.5. The molecule has 2 aliphatic heterocycles. The Morgan fingerprint density at radius 2 is 2.04 bits per heavy atom. The summed E-state index contributed by atoms with van der Waals surface area (Å²) in [5.41, 5.74) is 0. The molecule has 1 saturated carbocycles. The van der Waals surface area contributed by atoms with E-state index in [1.807, 2.05) is 6.92 Å². The molecule has 0 spiro atoms. The van der Waals surface area contributed by atoms with Crippen LogP contribution in [0.1, 0.15) is 39.0 Å². The number of sulfone groups is 1. The Labute approximate surface area is 162 Å². The average molecular weight is 471 g/mol. The minimum Gasteiger partial charge on any atom is -0.378 e. The molecule has 3 rings (SSSR count). The minimum absolute atomic E-state index is 0. The van der Waals surface area contributed by atoms with E-state index in [0.717, 1.165) is 44.3 Å². The number of nitrogens with one attached hydrogen (secondary N) is 2. The first-order valence-corrected chi connectivity index (χ1v) is 10.7. The molecule has 3 fully saturated rings. The van der Waals surface area contributed by atoms with E-state index in [0.29, 0.717) is 24.4 Å². The smallest absolute Gasteiger partial charge is 0.191 e. The van der Waals surface area contributed by atoms with E-state index in [9.17, 15) is 8.42 Å². The molecule has 6 nitrogen and oxygen atoms in total. The zero-order valence-electron chi connectivity index (χ0n) is 14.4. The number of guanidine groups is 1. The largest absolute Gasteiger partial charge is 0.378 e. The third kappa shape index (κ3) is 6.01. The average Bonchev–Trinajstić information content (AvgIpc) is 3.30. The summed E-state index contributed by atoms with van der Waals surface area (Å²) in [6.07, 6.45) is 5.82. The van der Waals surface area contributed by atoms with Crippen LogP contribution in [0.15, 0.2) is 4.99 Å². The van der Waals surface area contributed by atoms with Gasteiger partial charge in [0, 0.05) is 25.7 Å². The van der Waals surface area contributed by atoms with Crippen LogP contribution in [-0.2, 0) is 14.6 Å². The minimum atomic E-state index is -2.82. The van der Waals surface area contributed by atoms with Gasteiger partial charge in [0.15, 0.2) is 15.8 Å². The van der Waals surface area contributed by atoms with Crippen LogP contribution in [0.3, 0.4) is 0 Å². The first-order valence-electron chi connectivity index (χ1n) is 8.92. The second-order valence-corrected chi connectivity index (χ2v) is 9.33. The van der Waals surface area contributed by atoms with Crippen molar-refractivity contribution in [2.75, 3.05) is 31.2 Å². The summed E-state index contributed by atoms with van der Waals surface area (Å²) in [5, 5.41) is 6.81. The predicted molar refractivity (Wildman–Crippen MR) is 107 cm³/mol. The Bertz CT molecular complexity index is 537. The van der Waals surface area contributed by atoms with E-state index in [2.05, 4.69) is 15.6 Å². The van der Waals surface area contributed by atoms with E-state index >= 15 is 0 Å². The van der Waals surface area contributed by atoms with E-state index < -0.39 is 9.84 Å². The maximum Gasteiger partial charge on any atom is 0.191 e. The van der Waals surface area contributed by atoms with Gasteiger partial charge in [0.25, 0.3) is 0 Å². The van der Waals surface area contributed by atoms with Gasteiger partial charge in [-0.15, -0.1) is 24.0 Å². The molecule has 0 aromatic carbocycles. The highest BCUT2D eigenvalue weighted by Crippen LogP contribution is 2.38. The standard InChI is InChI=1S/C16H29N3O3S.HI/c1-2-17-16(18-10-12-6-8-23(20,21)11-12)19-14-5-7-22-15(9-14)13-3-4-13;/h12-15H,2-11H2,1H3,(H2,17,18,19);1H. The van der Waals surface area contributed by atoms with Crippen LogP contribution in [0, 0.1) is 11.8 Å². The quantitative estimate of drug-likeness (QED) is 0.362. The van der Waals surface area contributed by atoms with Crippen LogP contribution < -0.4 is 10.6 Å². The fourth-order valence-corrected chi connectivity index (χ4v) is 5.35. The van der Waals surface area contributed by atoms with Crippen molar-refractivity contribution in [2.45, 2.75) is 51.2 Å². The molecule has 0 radical (unpaired) electrons. The van der Waals surface area contributed by atoms with Gasteiger partial charge >= 0.3 is 0 Å². The lowest BCUT2D eigenvalue weighted by Crippen LogP contribution is -2.47. The van der Waals surface area contributed by atoms with Crippen molar-refractivity contribution in [3.8, 4) is 0 Å². The summed E-state index contributed by atoms with van der Waals surface area (Å²) in [6.45, 7) is 4.27. The molecule has 0 aromatic rings. The molecule has 3 aliphatic rings. The molecule has 8 heteroatoms. The van der Waals surface area contributed by atoms with Crippen molar-refractivity contribution < 1.29 is 13.2 Å². The second kappa shape index (κ2) is 9.02. The highest BCUT2D eigenvalue weighted by Gasteiger charge is 2.36. The van der Waals surface area contributed by atoms with Crippen molar-refractivity contribution in [1.29, 1.82) is 0 Å². The molecule has 3 atom stereocenters. The lowest BCUT2D eigenvalue weighted by atomic mass is 10.0. The number of nitrogens with zero attached hydrogens (tertiary/aromatic N) is 1. The summed E-state index contributed by atoms with van der Waals surface area (Å²) >= 11 is 0. The van der Waals surface area contributed by atoms with Crippen LogP contribution in [-0.4, -0.2) is 57.7 Å². The molecular weight excluding hydrogens is 441 g/mol. The Morgan fingerprint density at radius 3 is 2.67 bits per heavy atom. The number of ether oxygens (including phenoxy) is 1. The number of halogens is 1. The Morgan fingerprint density at radius 1 is 1.25 bits per heavy atom. The van der Waals surface area contributed by atoms with Crippen molar-refractivity contribution in [3.05, 3.63) is 0 Å². The first-order chi connectivity index (χ1) is 11.1. The van der Waals surface area contributed by atoms with E-state index in [1.54, 1.807) is 0 Å². The summed E-state index contributed by atoms with van der Waals surface area (Å²) in [6, 6.07) is 0.402. The van der Waals surface area contributed by atoms with Gasteiger partial charge in [-0.1, -0.05) is 0 Å². The Kier molecular flexibility index (Phi) is 7.60. The summed E-state index contributed by atoms with van der Waals surface area (Å²) in [4.78, 5) is 4.63. The van der Waals surface area contributed by atoms with E-state index in [-0.39, 0.29) is 35.6 Å². The lowest BCUT2D eigenvalue weighted by Gasteiger charge is -2.31. The molecular formula is C16H30IN3O3S. The number of hydrogen-bond acceptors (Lipinski definition) is 4. The van der Waals surface area contributed by atoms with Crippen molar-refractivity contribution in [2.24, 2.45) is 16.8 Å². The van der Waals surface area contributed by atoms with Crippen LogP contribution in [0.4, 0.5) is 0 Å². The molecule has 0 bridgehead atoms. The molecule has 1 aliphatic carbocycles. The molecule has 2 N–H and O–H groups in total. The number of hydrogen-bond donors (Lipinski definition) is 2. The number of rotatable bonds is 5. The van der Waals surface area contributed by atoms with Gasteiger partial charge in [-0.2, -0.15) is 0 Å². The molecule has 140 valence electrons. The maximum atomic E-state index is 11.5. The summed E-state index contributed by atoms with van der Waals surface area (Å²) < 4.78 is 29.0. The molecule has 0 aromatic heterocycles. The Balaban J connectivity index is 0.00000208. The summed E-state index contributed by atoms with van der Waals surface area (Å²) in [5.74, 6) is 2.36. The zero-order valence-corrected chi connectivity index (χ0v) is 17.5.